The highest BCUT2D eigenvalue weighted by Crippen LogP contribution is 2.30. The molecule has 2 nitrogen and oxygen atoms in total. The van der Waals surface area contributed by atoms with E-state index in [4.69, 9.17) is 4.74 Å². The number of methoxy groups -OCH3 is 1. The second-order valence-corrected chi connectivity index (χ2v) is 2.37. The number of aromatic nitrogens is 1. The third kappa shape index (κ3) is 1.52. The van der Waals surface area contributed by atoms with Gasteiger partial charge in [-0.2, -0.15) is 0 Å². The van der Waals surface area contributed by atoms with Crippen molar-refractivity contribution in [3.05, 3.63) is 23.5 Å². The summed E-state index contributed by atoms with van der Waals surface area (Å²) in [5.41, 5.74) is 0.372. The zero-order valence-electron chi connectivity index (χ0n) is 6.84. The smallest absolute Gasteiger partial charge is 0.267 e. The number of pyridine rings is 1. The molecule has 0 N–H and O–H groups in total. The minimum Gasteiger partial charge on any atom is -0.495 e. The van der Waals surface area contributed by atoms with Crippen LogP contribution in [0.4, 0.5) is 8.78 Å². The molecule has 0 aliphatic rings. The second kappa shape index (κ2) is 3.47. The number of halogens is 2. The number of rotatable bonds is 2. The van der Waals surface area contributed by atoms with Gasteiger partial charge in [-0.25, -0.2) is 8.78 Å². The maximum Gasteiger partial charge on any atom is 0.267 e. The van der Waals surface area contributed by atoms with E-state index in [1.165, 1.54) is 19.5 Å². The monoisotopic (exact) mass is 173 g/mol. The molecule has 0 aliphatic heterocycles. The van der Waals surface area contributed by atoms with Gasteiger partial charge in [-0.05, 0) is 12.5 Å². The normalized spacial score (nSPS) is 10.4. The first kappa shape index (κ1) is 8.90. The van der Waals surface area contributed by atoms with Gasteiger partial charge in [0.25, 0.3) is 6.43 Å². The van der Waals surface area contributed by atoms with Gasteiger partial charge in [0.05, 0.1) is 18.9 Å². The Morgan fingerprint density at radius 1 is 1.42 bits per heavy atom. The summed E-state index contributed by atoms with van der Waals surface area (Å²) < 4.78 is 29.5. The summed E-state index contributed by atoms with van der Waals surface area (Å²) in [6, 6.07) is 0. The Morgan fingerprint density at radius 3 is 2.50 bits per heavy atom. The largest absolute Gasteiger partial charge is 0.495 e. The van der Waals surface area contributed by atoms with E-state index in [1.54, 1.807) is 6.92 Å². The zero-order valence-corrected chi connectivity index (χ0v) is 6.84. The van der Waals surface area contributed by atoms with Crippen LogP contribution in [0.5, 0.6) is 5.75 Å². The molecule has 0 saturated heterocycles. The average Bonchev–Trinajstić information content (AvgIpc) is 2.03. The number of hydrogen-bond acceptors (Lipinski definition) is 2. The minimum absolute atomic E-state index is 0.0764. The SMILES string of the molecule is COc1cncc(C)c1C(F)F. The van der Waals surface area contributed by atoms with Crippen molar-refractivity contribution in [1.29, 1.82) is 0 Å². The highest BCUT2D eigenvalue weighted by Gasteiger charge is 2.16. The Balaban J connectivity index is 3.20. The molecule has 1 aromatic heterocycles. The van der Waals surface area contributed by atoms with E-state index >= 15 is 0 Å². The molecular weight excluding hydrogens is 164 g/mol. The summed E-state index contributed by atoms with van der Waals surface area (Å²) in [6.45, 7) is 1.58. The zero-order chi connectivity index (χ0) is 9.14. The lowest BCUT2D eigenvalue weighted by molar-refractivity contribution is 0.146. The highest BCUT2D eigenvalue weighted by atomic mass is 19.3. The lowest BCUT2D eigenvalue weighted by Crippen LogP contribution is -1.96. The van der Waals surface area contributed by atoms with Crippen molar-refractivity contribution in [3.63, 3.8) is 0 Å². The van der Waals surface area contributed by atoms with E-state index in [2.05, 4.69) is 4.98 Å². The fourth-order valence-electron chi connectivity index (χ4n) is 0.992. The van der Waals surface area contributed by atoms with E-state index in [0.717, 1.165) is 0 Å². The van der Waals surface area contributed by atoms with Gasteiger partial charge in [-0.1, -0.05) is 0 Å². The third-order valence-corrected chi connectivity index (χ3v) is 1.59. The summed E-state index contributed by atoms with van der Waals surface area (Å²) in [4.78, 5) is 3.74. The predicted molar refractivity (Wildman–Crippen MR) is 40.5 cm³/mol. The van der Waals surface area contributed by atoms with E-state index < -0.39 is 6.43 Å². The summed E-state index contributed by atoms with van der Waals surface area (Å²) in [5.74, 6) is 0.144. The number of aryl methyl sites for hydroxylation is 1. The summed E-state index contributed by atoms with van der Waals surface area (Å²) in [5, 5.41) is 0. The molecule has 0 radical (unpaired) electrons. The van der Waals surface area contributed by atoms with Crippen LogP contribution in [0.1, 0.15) is 17.6 Å². The minimum atomic E-state index is -2.51. The second-order valence-electron chi connectivity index (χ2n) is 2.37. The number of hydrogen-bond donors (Lipinski definition) is 0. The molecule has 1 heterocycles. The summed E-state index contributed by atoms with van der Waals surface area (Å²) >= 11 is 0. The van der Waals surface area contributed by atoms with Gasteiger partial charge in [0, 0.05) is 6.20 Å². The molecule has 0 saturated carbocycles. The van der Waals surface area contributed by atoms with Crippen molar-refractivity contribution in [2.24, 2.45) is 0 Å². The molecule has 0 aromatic carbocycles. The number of nitrogens with zero attached hydrogens (tertiary/aromatic N) is 1. The van der Waals surface area contributed by atoms with E-state index in [9.17, 15) is 8.78 Å². The van der Waals surface area contributed by atoms with Crippen molar-refractivity contribution in [2.45, 2.75) is 13.3 Å². The number of ether oxygens (including phenoxy) is 1. The lowest BCUT2D eigenvalue weighted by atomic mass is 10.1. The first-order valence-corrected chi connectivity index (χ1v) is 3.43. The first-order chi connectivity index (χ1) is 5.66. The number of alkyl halides is 2. The van der Waals surface area contributed by atoms with Crippen LogP contribution in [0, 0.1) is 6.92 Å². The quantitative estimate of drug-likeness (QED) is 0.684. The Hall–Kier alpha value is -1.19. The van der Waals surface area contributed by atoms with Gasteiger partial charge in [-0.15, -0.1) is 0 Å². The van der Waals surface area contributed by atoms with Crippen LogP contribution in [0.2, 0.25) is 0 Å². The van der Waals surface area contributed by atoms with Crippen LogP contribution in [0.3, 0.4) is 0 Å². The molecule has 0 amide bonds. The van der Waals surface area contributed by atoms with Gasteiger partial charge < -0.3 is 4.74 Å². The Morgan fingerprint density at radius 2 is 2.08 bits per heavy atom. The van der Waals surface area contributed by atoms with Crippen molar-refractivity contribution in [1.82, 2.24) is 4.98 Å². The maximum atomic E-state index is 12.4. The molecule has 0 fully saturated rings. The van der Waals surface area contributed by atoms with E-state index in [1.807, 2.05) is 0 Å². The van der Waals surface area contributed by atoms with Crippen molar-refractivity contribution in [2.75, 3.05) is 7.11 Å². The average molecular weight is 173 g/mol. The fourth-order valence-corrected chi connectivity index (χ4v) is 0.992. The van der Waals surface area contributed by atoms with Crippen LogP contribution in [0.15, 0.2) is 12.4 Å². The van der Waals surface area contributed by atoms with Gasteiger partial charge in [0.1, 0.15) is 5.75 Å². The molecule has 4 heteroatoms. The molecule has 1 aromatic rings. The van der Waals surface area contributed by atoms with Gasteiger partial charge in [0.15, 0.2) is 0 Å². The summed E-state index contributed by atoms with van der Waals surface area (Å²) in [6.07, 6.45) is 0.168. The Labute approximate surface area is 69.2 Å². The molecular formula is C8H9F2NO. The van der Waals surface area contributed by atoms with Crippen LogP contribution in [0.25, 0.3) is 0 Å². The molecule has 0 bridgehead atoms. The van der Waals surface area contributed by atoms with Gasteiger partial charge >= 0.3 is 0 Å². The van der Waals surface area contributed by atoms with Gasteiger partial charge in [-0.3, -0.25) is 4.98 Å². The van der Waals surface area contributed by atoms with Crippen LogP contribution < -0.4 is 4.74 Å². The fraction of sp³-hybridized carbons (Fsp3) is 0.375. The molecule has 0 unspecified atom stereocenters. The Bertz CT molecular complexity index is 276. The van der Waals surface area contributed by atoms with E-state index in [0.29, 0.717) is 5.56 Å². The predicted octanol–water partition coefficient (Wildman–Crippen LogP) is 2.34. The van der Waals surface area contributed by atoms with Gasteiger partial charge in [0.2, 0.25) is 0 Å². The van der Waals surface area contributed by atoms with Crippen LogP contribution >= 0.6 is 0 Å². The molecule has 12 heavy (non-hydrogen) atoms. The molecule has 1 rings (SSSR count). The van der Waals surface area contributed by atoms with E-state index in [-0.39, 0.29) is 11.3 Å². The first-order valence-electron chi connectivity index (χ1n) is 3.43. The Kier molecular flexibility index (Phi) is 2.58. The highest BCUT2D eigenvalue weighted by molar-refractivity contribution is 5.37. The van der Waals surface area contributed by atoms with Crippen molar-refractivity contribution >= 4 is 0 Å². The maximum absolute atomic E-state index is 12.4. The molecule has 0 atom stereocenters. The topological polar surface area (TPSA) is 22.1 Å². The standard InChI is InChI=1S/C8H9F2NO/c1-5-3-11-4-6(12-2)7(5)8(9)10/h3-4,8H,1-2H3. The van der Waals surface area contributed by atoms with Crippen LogP contribution in [-0.4, -0.2) is 12.1 Å². The molecule has 0 spiro atoms. The molecule has 0 aliphatic carbocycles. The summed E-state index contributed by atoms with van der Waals surface area (Å²) in [7, 11) is 1.35. The van der Waals surface area contributed by atoms with Crippen molar-refractivity contribution < 1.29 is 13.5 Å². The molecule has 66 valence electrons. The van der Waals surface area contributed by atoms with Crippen molar-refractivity contribution in [3.8, 4) is 5.75 Å². The third-order valence-electron chi connectivity index (χ3n) is 1.59. The van der Waals surface area contributed by atoms with Crippen LogP contribution in [-0.2, 0) is 0 Å². The lowest BCUT2D eigenvalue weighted by Gasteiger charge is -2.08.